The van der Waals surface area contributed by atoms with Gasteiger partial charge >= 0.3 is 7.12 Å². The van der Waals surface area contributed by atoms with Crippen molar-refractivity contribution in [1.29, 1.82) is 0 Å². The van der Waals surface area contributed by atoms with E-state index in [-0.39, 0.29) is 0 Å². The molecular weight excluding hydrogens is 465 g/mol. The molecule has 190 valence electrons. The van der Waals surface area contributed by atoms with Crippen molar-refractivity contribution in [3.8, 4) is 0 Å². The summed E-state index contributed by atoms with van der Waals surface area (Å²) in [6.45, 7) is 12.8. The predicted molar refractivity (Wildman–Crippen MR) is 161 cm³/mol. The SMILES string of the molecule is Cc1ccccc1N(c1ccccc1C)c1c2ccccc2c(B2OC(C)(C)C(C)(C)O2)c2ccccc12. The van der Waals surface area contributed by atoms with Crippen LogP contribution in [-0.2, 0) is 9.31 Å². The van der Waals surface area contributed by atoms with Gasteiger partial charge in [-0.1, -0.05) is 84.9 Å². The Kier molecular flexibility index (Phi) is 5.86. The van der Waals surface area contributed by atoms with Gasteiger partial charge in [-0.3, -0.25) is 0 Å². The van der Waals surface area contributed by atoms with E-state index in [0.717, 1.165) is 16.2 Å². The first-order valence-corrected chi connectivity index (χ1v) is 13.4. The minimum atomic E-state index is -0.464. The van der Waals surface area contributed by atoms with Gasteiger partial charge in [-0.25, -0.2) is 0 Å². The molecule has 0 atom stereocenters. The number of para-hydroxylation sites is 2. The summed E-state index contributed by atoms with van der Waals surface area (Å²) in [7, 11) is -0.464. The minimum Gasteiger partial charge on any atom is -0.399 e. The molecule has 38 heavy (non-hydrogen) atoms. The molecule has 1 heterocycles. The number of hydrogen-bond donors (Lipinski definition) is 0. The maximum Gasteiger partial charge on any atom is 0.496 e. The smallest absolute Gasteiger partial charge is 0.399 e. The number of rotatable bonds is 4. The van der Waals surface area contributed by atoms with Crippen LogP contribution in [0.4, 0.5) is 17.1 Å². The van der Waals surface area contributed by atoms with Crippen molar-refractivity contribution in [2.45, 2.75) is 52.7 Å². The highest BCUT2D eigenvalue weighted by Gasteiger charge is 2.52. The van der Waals surface area contributed by atoms with Gasteiger partial charge in [0.05, 0.1) is 16.9 Å². The van der Waals surface area contributed by atoms with Gasteiger partial charge in [0.2, 0.25) is 0 Å². The second-order valence-electron chi connectivity index (χ2n) is 11.4. The molecule has 1 fully saturated rings. The molecule has 1 saturated heterocycles. The predicted octanol–water partition coefficient (Wildman–Crippen LogP) is 8.38. The van der Waals surface area contributed by atoms with Gasteiger partial charge < -0.3 is 14.2 Å². The summed E-state index contributed by atoms with van der Waals surface area (Å²) in [6, 6.07) is 34.6. The van der Waals surface area contributed by atoms with Gasteiger partial charge in [-0.05, 0) is 81.0 Å². The third-order valence-corrected chi connectivity index (χ3v) is 8.37. The van der Waals surface area contributed by atoms with Gasteiger partial charge in [0.25, 0.3) is 0 Å². The summed E-state index contributed by atoms with van der Waals surface area (Å²) >= 11 is 0. The van der Waals surface area contributed by atoms with Crippen LogP contribution in [0.3, 0.4) is 0 Å². The molecule has 0 unspecified atom stereocenters. The molecule has 0 aromatic heterocycles. The highest BCUT2D eigenvalue weighted by Crippen LogP contribution is 2.46. The van der Waals surface area contributed by atoms with E-state index < -0.39 is 18.3 Å². The van der Waals surface area contributed by atoms with Gasteiger partial charge in [0, 0.05) is 22.1 Å². The Labute approximate surface area is 226 Å². The minimum absolute atomic E-state index is 0.424. The fraction of sp³-hybridized carbons (Fsp3) is 0.235. The molecule has 4 heteroatoms. The molecule has 1 aliphatic heterocycles. The molecule has 0 spiro atoms. The Morgan fingerprint density at radius 3 is 1.32 bits per heavy atom. The summed E-state index contributed by atoms with van der Waals surface area (Å²) in [5.74, 6) is 0. The topological polar surface area (TPSA) is 21.7 Å². The lowest BCUT2D eigenvalue weighted by Gasteiger charge is -2.32. The molecule has 6 rings (SSSR count). The Bertz CT molecular complexity index is 1550. The molecule has 3 nitrogen and oxygen atoms in total. The maximum absolute atomic E-state index is 6.64. The van der Waals surface area contributed by atoms with Crippen molar-refractivity contribution >= 4 is 51.2 Å². The van der Waals surface area contributed by atoms with Crippen LogP contribution in [0.5, 0.6) is 0 Å². The van der Waals surface area contributed by atoms with Gasteiger partial charge in [0.1, 0.15) is 0 Å². The van der Waals surface area contributed by atoms with Crippen molar-refractivity contribution < 1.29 is 9.31 Å². The fourth-order valence-electron chi connectivity index (χ4n) is 5.59. The van der Waals surface area contributed by atoms with Crippen molar-refractivity contribution in [2.24, 2.45) is 0 Å². The Morgan fingerprint density at radius 2 is 0.895 bits per heavy atom. The highest BCUT2D eigenvalue weighted by molar-refractivity contribution is 6.69. The number of hydrogen-bond acceptors (Lipinski definition) is 3. The Morgan fingerprint density at radius 1 is 0.526 bits per heavy atom. The van der Waals surface area contributed by atoms with Crippen LogP contribution < -0.4 is 10.4 Å². The molecular formula is C34H34BNO2. The average molecular weight is 499 g/mol. The maximum atomic E-state index is 6.64. The van der Waals surface area contributed by atoms with E-state index in [2.05, 4.69) is 144 Å². The zero-order chi connectivity index (χ0) is 26.7. The number of nitrogens with zero attached hydrogens (tertiary/aromatic N) is 1. The van der Waals surface area contributed by atoms with E-state index in [1.54, 1.807) is 0 Å². The molecule has 0 saturated carbocycles. The molecule has 0 radical (unpaired) electrons. The zero-order valence-corrected chi connectivity index (χ0v) is 23.1. The lowest BCUT2D eigenvalue weighted by Crippen LogP contribution is -2.41. The summed E-state index contributed by atoms with van der Waals surface area (Å²) in [5.41, 5.74) is 6.19. The number of anilines is 3. The molecule has 0 bridgehead atoms. The standard InChI is InChI=1S/C34H34BNO2/c1-23-15-7-13-21-29(23)36(30-22-14-8-16-24(30)2)32-27-19-11-9-17-25(27)31(26-18-10-12-20-28(26)32)35-37-33(3,4)34(5,6)38-35/h7-22H,1-6H3. The third-order valence-electron chi connectivity index (χ3n) is 8.37. The third kappa shape index (κ3) is 3.83. The first kappa shape index (κ1) is 24.7. The molecule has 1 aliphatic rings. The second-order valence-corrected chi connectivity index (χ2v) is 11.4. The van der Waals surface area contributed by atoms with Crippen LogP contribution in [0.1, 0.15) is 38.8 Å². The van der Waals surface area contributed by atoms with Crippen LogP contribution in [0.15, 0.2) is 97.1 Å². The highest BCUT2D eigenvalue weighted by atomic mass is 16.7. The summed E-state index contributed by atoms with van der Waals surface area (Å²) in [5, 5.41) is 4.63. The van der Waals surface area contributed by atoms with Gasteiger partial charge in [-0.15, -0.1) is 0 Å². The van der Waals surface area contributed by atoms with Crippen LogP contribution in [-0.4, -0.2) is 18.3 Å². The molecule has 0 aliphatic carbocycles. The van der Waals surface area contributed by atoms with E-state index in [1.807, 2.05) is 0 Å². The lowest BCUT2D eigenvalue weighted by atomic mass is 9.72. The fourth-order valence-corrected chi connectivity index (χ4v) is 5.59. The summed E-state index contributed by atoms with van der Waals surface area (Å²) < 4.78 is 13.3. The van der Waals surface area contributed by atoms with E-state index in [4.69, 9.17) is 9.31 Å². The number of fused-ring (bicyclic) bond motifs is 2. The van der Waals surface area contributed by atoms with Gasteiger partial charge in [0.15, 0.2) is 0 Å². The van der Waals surface area contributed by atoms with E-state index in [1.165, 1.54) is 39.0 Å². The molecule has 5 aromatic rings. The van der Waals surface area contributed by atoms with E-state index in [9.17, 15) is 0 Å². The van der Waals surface area contributed by atoms with Crippen molar-refractivity contribution in [3.63, 3.8) is 0 Å². The number of aryl methyl sites for hydroxylation is 2. The van der Waals surface area contributed by atoms with Crippen LogP contribution in [0.2, 0.25) is 0 Å². The van der Waals surface area contributed by atoms with Gasteiger partial charge in [-0.2, -0.15) is 0 Å². The normalized spacial score (nSPS) is 16.3. The number of benzene rings is 5. The summed E-state index contributed by atoms with van der Waals surface area (Å²) in [6.07, 6.45) is 0. The monoisotopic (exact) mass is 499 g/mol. The van der Waals surface area contributed by atoms with Crippen molar-refractivity contribution in [2.75, 3.05) is 4.90 Å². The molecule has 0 N–H and O–H groups in total. The average Bonchev–Trinajstić information content (AvgIpc) is 3.11. The molecule has 0 amide bonds. The van der Waals surface area contributed by atoms with Crippen molar-refractivity contribution in [3.05, 3.63) is 108 Å². The Balaban J connectivity index is 1.73. The van der Waals surface area contributed by atoms with E-state index in [0.29, 0.717) is 0 Å². The largest absolute Gasteiger partial charge is 0.496 e. The van der Waals surface area contributed by atoms with Crippen molar-refractivity contribution in [1.82, 2.24) is 0 Å². The van der Waals surface area contributed by atoms with E-state index >= 15 is 0 Å². The van der Waals surface area contributed by atoms with Crippen LogP contribution in [0, 0.1) is 13.8 Å². The lowest BCUT2D eigenvalue weighted by molar-refractivity contribution is 0.00578. The first-order valence-electron chi connectivity index (χ1n) is 13.4. The summed E-state index contributed by atoms with van der Waals surface area (Å²) in [4.78, 5) is 2.43. The first-order chi connectivity index (χ1) is 18.2. The Hall–Kier alpha value is -3.60. The molecule has 5 aromatic carbocycles. The van der Waals surface area contributed by atoms with Crippen LogP contribution in [0.25, 0.3) is 21.5 Å². The van der Waals surface area contributed by atoms with Crippen LogP contribution >= 0.6 is 0 Å². The second kappa shape index (κ2) is 9.01. The zero-order valence-electron chi connectivity index (χ0n) is 23.1. The quantitative estimate of drug-likeness (QED) is 0.183.